The number of carboxylic acid groups (broad SMARTS) is 1. The smallest absolute Gasteiger partial charge is 0.306 e. The van der Waals surface area contributed by atoms with Crippen LogP contribution in [-0.4, -0.2) is 57.9 Å². The molecule has 4 saturated carbocycles. The lowest BCUT2D eigenvalue weighted by Gasteiger charge is -2.73. The maximum Gasteiger partial charge on any atom is 0.306 e. The number of hydrogen-bond donors (Lipinski definition) is 5. The fraction of sp³-hybridized carbons (Fsp3) is 0.891. The Balaban J connectivity index is 1.15. The van der Waals surface area contributed by atoms with E-state index in [1.54, 1.807) is 0 Å². The van der Waals surface area contributed by atoms with E-state index in [4.69, 9.17) is 5.11 Å². The SMILES string of the molecule is CC1=CC[C@]2(C(=O)NCCCCCCCC(=O)N[C@@H](CC(C)C)[C@H](O)CC(=O)O)CC[C@]3(C)[C@H](CC[C@@H]4[C@@]5(C)CC[C@H](O)C(C)(C)[C@@H]5CC[C@]43C)[C@H]2[C@@H]1C. The van der Waals surface area contributed by atoms with Crippen LogP contribution in [0, 0.1) is 62.6 Å². The van der Waals surface area contributed by atoms with Crippen LogP contribution in [0.4, 0.5) is 0 Å². The number of allylic oxidation sites excluding steroid dienone is 2. The van der Waals surface area contributed by atoms with E-state index in [1.807, 2.05) is 13.8 Å². The molecule has 54 heavy (non-hydrogen) atoms. The highest BCUT2D eigenvalue weighted by Gasteiger charge is 2.71. The van der Waals surface area contributed by atoms with Gasteiger partial charge in [0.1, 0.15) is 0 Å². The van der Waals surface area contributed by atoms with Crippen LogP contribution in [0.2, 0.25) is 0 Å². The molecular weight excluding hydrogens is 677 g/mol. The Morgan fingerprint density at radius 3 is 2.24 bits per heavy atom. The molecule has 8 nitrogen and oxygen atoms in total. The number of hydrogen-bond acceptors (Lipinski definition) is 5. The number of unbranched alkanes of at least 4 members (excludes halogenated alkanes) is 4. The van der Waals surface area contributed by atoms with Crippen LogP contribution in [0.5, 0.6) is 0 Å². The molecule has 5 rings (SSSR count). The van der Waals surface area contributed by atoms with Crippen molar-refractivity contribution in [2.75, 3.05) is 6.54 Å². The summed E-state index contributed by atoms with van der Waals surface area (Å²) in [5.41, 5.74) is 1.74. The third-order valence-corrected chi connectivity index (χ3v) is 17.4. The second-order valence-corrected chi connectivity index (χ2v) is 20.9. The Hall–Kier alpha value is -1.93. The fourth-order valence-electron chi connectivity index (χ4n) is 14.0. The summed E-state index contributed by atoms with van der Waals surface area (Å²) in [6.45, 7) is 21.9. The lowest BCUT2D eigenvalue weighted by molar-refractivity contribution is -0.250. The Morgan fingerprint density at radius 1 is 0.870 bits per heavy atom. The average Bonchev–Trinajstić information content (AvgIpc) is 3.08. The highest BCUT2D eigenvalue weighted by molar-refractivity contribution is 5.84. The summed E-state index contributed by atoms with van der Waals surface area (Å²) in [5, 5.41) is 36.8. The maximum atomic E-state index is 14.5. The summed E-state index contributed by atoms with van der Waals surface area (Å²) in [6.07, 6.45) is 16.0. The monoisotopic (exact) mass is 755 g/mol. The van der Waals surface area contributed by atoms with Crippen molar-refractivity contribution >= 4 is 17.8 Å². The number of aliphatic hydroxyl groups is 2. The Morgan fingerprint density at radius 2 is 1.56 bits per heavy atom. The van der Waals surface area contributed by atoms with Crippen LogP contribution in [0.1, 0.15) is 171 Å². The number of amides is 2. The molecule has 0 radical (unpaired) electrons. The molecule has 0 saturated heterocycles. The van der Waals surface area contributed by atoms with Crippen LogP contribution in [0.25, 0.3) is 0 Å². The molecule has 0 aliphatic heterocycles. The van der Waals surface area contributed by atoms with Gasteiger partial charge < -0.3 is 26.0 Å². The molecule has 5 N–H and O–H groups in total. The first-order valence-electron chi connectivity index (χ1n) is 22.1. The minimum atomic E-state index is -1.10. The maximum absolute atomic E-state index is 14.5. The molecule has 0 heterocycles. The van der Waals surface area contributed by atoms with Gasteiger partial charge in [0.2, 0.25) is 11.8 Å². The topological polar surface area (TPSA) is 136 Å². The molecule has 0 aromatic carbocycles. The molecular formula is C46H78N2O6. The second-order valence-electron chi connectivity index (χ2n) is 20.9. The normalized spacial score (nSPS) is 39.5. The Labute approximate surface area is 327 Å². The zero-order chi connectivity index (χ0) is 39.9. The standard InChI is InChI=1S/C46H78N2O6/c1-29(2)27-33(34(49)28-39(52)53)48-38(51)15-13-11-10-12-14-26-47-41(54)46-23-18-30(3)31(4)40(46)32-16-17-36-43(7)21-20-37(50)42(5,6)35(43)19-22-45(36,9)44(32,8)24-25-46/h18,29,31-37,40,49-50H,10-17,19-28H2,1-9H3,(H,47,54)(H,48,51)(H,52,53)/t31-,32-,33+,34-,35+,36-,37+,40-,43+,44-,45-,46+/m1/s1. The summed E-state index contributed by atoms with van der Waals surface area (Å²) in [7, 11) is 0. The zero-order valence-corrected chi connectivity index (χ0v) is 35.6. The molecule has 4 fully saturated rings. The molecule has 0 bridgehead atoms. The van der Waals surface area contributed by atoms with Gasteiger partial charge >= 0.3 is 5.97 Å². The first-order chi connectivity index (χ1) is 25.2. The number of carbonyl (C=O) groups is 3. The van der Waals surface area contributed by atoms with E-state index in [2.05, 4.69) is 65.2 Å². The summed E-state index contributed by atoms with van der Waals surface area (Å²) in [5.74, 6) is 1.77. The number of carbonyl (C=O) groups excluding carboxylic acids is 2. The number of nitrogens with one attached hydrogen (secondary N) is 2. The van der Waals surface area contributed by atoms with E-state index in [9.17, 15) is 24.6 Å². The van der Waals surface area contributed by atoms with Crippen LogP contribution < -0.4 is 10.6 Å². The van der Waals surface area contributed by atoms with Crippen LogP contribution in [-0.2, 0) is 14.4 Å². The largest absolute Gasteiger partial charge is 0.481 e. The number of aliphatic hydroxyl groups excluding tert-OH is 2. The van der Waals surface area contributed by atoms with Gasteiger partial charge in [0.15, 0.2) is 0 Å². The van der Waals surface area contributed by atoms with Crippen molar-refractivity contribution in [2.45, 2.75) is 190 Å². The number of carboxylic acids is 1. The summed E-state index contributed by atoms with van der Waals surface area (Å²) >= 11 is 0. The fourth-order valence-corrected chi connectivity index (χ4v) is 14.0. The molecule has 2 amide bonds. The molecule has 5 aliphatic rings. The molecule has 0 spiro atoms. The van der Waals surface area contributed by atoms with Gasteiger partial charge in [-0.05, 0) is 141 Å². The predicted molar refractivity (Wildman–Crippen MR) is 215 cm³/mol. The Kier molecular flexibility index (Phi) is 13.2. The summed E-state index contributed by atoms with van der Waals surface area (Å²) in [4.78, 5) is 38.2. The van der Waals surface area contributed by atoms with E-state index < -0.39 is 18.1 Å². The molecule has 12 atom stereocenters. The first kappa shape index (κ1) is 43.2. The molecule has 308 valence electrons. The van der Waals surface area contributed by atoms with Gasteiger partial charge in [-0.25, -0.2) is 0 Å². The number of fused-ring (bicyclic) bond motifs is 7. The van der Waals surface area contributed by atoms with Gasteiger partial charge in [0.25, 0.3) is 0 Å². The van der Waals surface area contributed by atoms with Crippen LogP contribution in [0.3, 0.4) is 0 Å². The minimum Gasteiger partial charge on any atom is -0.481 e. The van der Waals surface area contributed by atoms with Crippen LogP contribution in [0.15, 0.2) is 11.6 Å². The van der Waals surface area contributed by atoms with E-state index in [-0.39, 0.29) is 57.3 Å². The molecule has 0 aromatic heterocycles. The summed E-state index contributed by atoms with van der Waals surface area (Å²) < 4.78 is 0. The highest BCUT2D eigenvalue weighted by Crippen LogP contribution is 2.76. The van der Waals surface area contributed by atoms with Crippen molar-refractivity contribution in [3.05, 3.63) is 11.6 Å². The molecule has 5 aliphatic carbocycles. The van der Waals surface area contributed by atoms with Crippen molar-refractivity contribution < 1.29 is 29.7 Å². The van der Waals surface area contributed by atoms with E-state index >= 15 is 0 Å². The van der Waals surface area contributed by atoms with Crippen molar-refractivity contribution in [3.8, 4) is 0 Å². The van der Waals surface area contributed by atoms with Gasteiger partial charge in [-0.1, -0.05) is 86.3 Å². The van der Waals surface area contributed by atoms with Crippen molar-refractivity contribution in [2.24, 2.45) is 62.6 Å². The quantitative estimate of drug-likeness (QED) is 0.0838. The second kappa shape index (κ2) is 16.5. The lowest BCUT2D eigenvalue weighted by Crippen LogP contribution is -2.68. The molecule has 0 unspecified atom stereocenters. The Bertz CT molecular complexity index is 1390. The van der Waals surface area contributed by atoms with Gasteiger partial charge in [-0.15, -0.1) is 0 Å². The summed E-state index contributed by atoms with van der Waals surface area (Å²) in [6, 6.07) is -0.553. The third kappa shape index (κ3) is 7.83. The van der Waals surface area contributed by atoms with Crippen molar-refractivity contribution in [1.29, 1.82) is 0 Å². The van der Waals surface area contributed by atoms with Gasteiger partial charge in [0, 0.05) is 13.0 Å². The lowest BCUT2D eigenvalue weighted by atomic mass is 9.31. The molecule has 8 heteroatoms. The zero-order valence-electron chi connectivity index (χ0n) is 35.6. The van der Waals surface area contributed by atoms with Crippen LogP contribution >= 0.6 is 0 Å². The number of aliphatic carboxylic acids is 1. The van der Waals surface area contributed by atoms with Crippen molar-refractivity contribution in [1.82, 2.24) is 10.6 Å². The third-order valence-electron chi connectivity index (χ3n) is 17.4. The van der Waals surface area contributed by atoms with E-state index in [1.165, 1.54) is 31.3 Å². The van der Waals surface area contributed by atoms with Gasteiger partial charge in [0.05, 0.1) is 30.1 Å². The van der Waals surface area contributed by atoms with E-state index in [0.29, 0.717) is 49.0 Å². The molecule has 0 aromatic rings. The average molecular weight is 755 g/mol. The number of rotatable bonds is 15. The van der Waals surface area contributed by atoms with Gasteiger partial charge in [-0.2, -0.15) is 0 Å². The van der Waals surface area contributed by atoms with Crippen molar-refractivity contribution in [3.63, 3.8) is 0 Å². The predicted octanol–water partition coefficient (Wildman–Crippen LogP) is 8.83. The van der Waals surface area contributed by atoms with Gasteiger partial charge in [-0.3, -0.25) is 14.4 Å². The van der Waals surface area contributed by atoms with E-state index in [0.717, 1.165) is 64.2 Å². The first-order valence-corrected chi connectivity index (χ1v) is 22.1. The highest BCUT2D eigenvalue weighted by atomic mass is 16.4. The minimum absolute atomic E-state index is 0.0455.